The highest BCUT2D eigenvalue weighted by atomic mass is 79.9. The summed E-state index contributed by atoms with van der Waals surface area (Å²) in [6, 6.07) is 14.2. The molecule has 0 aliphatic carbocycles. The summed E-state index contributed by atoms with van der Waals surface area (Å²) in [4.78, 5) is 0.00132. The van der Waals surface area contributed by atoms with Gasteiger partial charge in [-0.1, -0.05) is 28.1 Å². The van der Waals surface area contributed by atoms with E-state index in [1.54, 1.807) is 43.3 Å². The van der Waals surface area contributed by atoms with Gasteiger partial charge in [-0.05, 0) is 49.4 Å². The molecule has 0 fully saturated rings. The Bertz CT molecular complexity index is 1280. The molecular weight excluding hydrogens is 494 g/mol. The zero-order chi connectivity index (χ0) is 21.9. The van der Waals surface area contributed by atoms with Crippen molar-refractivity contribution in [2.24, 2.45) is 0 Å². The minimum Gasteiger partial charge on any atom is -0.492 e. The number of benzene rings is 2. The maximum absolute atomic E-state index is 12.9. The van der Waals surface area contributed by atoms with E-state index < -0.39 is 19.9 Å². The summed E-state index contributed by atoms with van der Waals surface area (Å²) in [6.45, 7) is 2.09. The highest BCUT2D eigenvalue weighted by molar-refractivity contribution is 9.10. The van der Waals surface area contributed by atoms with E-state index >= 15 is 0 Å². The first kappa shape index (κ1) is 22.2. The molecule has 3 rings (SSSR count). The lowest BCUT2D eigenvalue weighted by atomic mass is 10.1. The first-order valence-electron chi connectivity index (χ1n) is 8.69. The van der Waals surface area contributed by atoms with Crippen molar-refractivity contribution >= 4 is 41.5 Å². The minimum absolute atomic E-state index is 0.00132. The van der Waals surface area contributed by atoms with Crippen molar-refractivity contribution in [1.82, 2.24) is 10.2 Å². The summed E-state index contributed by atoms with van der Waals surface area (Å²) in [7, 11) is -7.39. The predicted octanol–water partition coefficient (Wildman–Crippen LogP) is 3.51. The molecule has 1 heterocycles. The lowest BCUT2D eigenvalue weighted by Gasteiger charge is -2.13. The van der Waals surface area contributed by atoms with Crippen LogP contribution in [0.3, 0.4) is 0 Å². The molecule has 0 aliphatic rings. The lowest BCUT2D eigenvalue weighted by Crippen LogP contribution is -2.14. The number of halogens is 1. The average Bonchev–Trinajstić information content (AvgIpc) is 2.69. The third-order valence-electron chi connectivity index (χ3n) is 3.93. The van der Waals surface area contributed by atoms with Crippen LogP contribution in [0.15, 0.2) is 69.0 Å². The van der Waals surface area contributed by atoms with Gasteiger partial charge < -0.3 is 4.74 Å². The fourth-order valence-electron chi connectivity index (χ4n) is 2.59. The Morgan fingerprint density at radius 3 is 2.40 bits per heavy atom. The van der Waals surface area contributed by atoms with Crippen LogP contribution in [-0.4, -0.2) is 39.9 Å². The van der Waals surface area contributed by atoms with Crippen LogP contribution in [0.2, 0.25) is 0 Å². The van der Waals surface area contributed by atoms with Gasteiger partial charge >= 0.3 is 0 Å². The third kappa shape index (κ3) is 5.15. The fraction of sp³-hybridized carbons (Fsp3) is 0.158. The molecule has 0 radical (unpaired) electrons. The zero-order valence-electron chi connectivity index (χ0n) is 16.0. The number of hydrogen-bond donors (Lipinski definition) is 1. The Labute approximate surface area is 183 Å². The number of aromatic nitrogens is 2. The van der Waals surface area contributed by atoms with Crippen LogP contribution in [-0.2, 0) is 19.9 Å². The Morgan fingerprint density at radius 1 is 1.00 bits per heavy atom. The number of sulfone groups is 1. The Morgan fingerprint density at radius 2 is 1.77 bits per heavy atom. The summed E-state index contributed by atoms with van der Waals surface area (Å²) >= 11 is 3.28. The van der Waals surface area contributed by atoms with Crippen molar-refractivity contribution in [3.63, 3.8) is 0 Å². The number of hydrogen-bond acceptors (Lipinski definition) is 7. The maximum atomic E-state index is 12.9. The van der Waals surface area contributed by atoms with Crippen molar-refractivity contribution in [2.45, 2.75) is 16.8 Å². The SMILES string of the molecule is CCOc1ccc(Br)cc1S(=O)(=O)Nc1cccc(-c2ccc(S(C)(=O)=O)nn2)c1. The van der Waals surface area contributed by atoms with Crippen LogP contribution in [0.25, 0.3) is 11.3 Å². The molecule has 11 heteroatoms. The molecule has 0 aliphatic heterocycles. The van der Waals surface area contributed by atoms with Gasteiger partial charge in [-0.15, -0.1) is 10.2 Å². The Balaban J connectivity index is 1.93. The molecule has 0 saturated heterocycles. The van der Waals surface area contributed by atoms with Crippen LogP contribution in [0.4, 0.5) is 5.69 Å². The highest BCUT2D eigenvalue weighted by Gasteiger charge is 2.21. The molecular formula is C19H18BrN3O5S2. The van der Waals surface area contributed by atoms with Gasteiger partial charge in [-0.25, -0.2) is 16.8 Å². The van der Waals surface area contributed by atoms with Gasteiger partial charge in [-0.2, -0.15) is 0 Å². The van der Waals surface area contributed by atoms with Crippen LogP contribution >= 0.6 is 15.9 Å². The molecule has 0 spiro atoms. The van der Waals surface area contributed by atoms with Gasteiger partial charge in [0.2, 0.25) is 0 Å². The average molecular weight is 512 g/mol. The molecule has 2 aromatic carbocycles. The Hall–Kier alpha value is -2.50. The van der Waals surface area contributed by atoms with E-state index in [1.807, 2.05) is 0 Å². The van der Waals surface area contributed by atoms with Gasteiger partial charge in [0.15, 0.2) is 14.9 Å². The zero-order valence-corrected chi connectivity index (χ0v) is 19.3. The lowest BCUT2D eigenvalue weighted by molar-refractivity contribution is 0.331. The number of sulfonamides is 1. The number of anilines is 1. The smallest absolute Gasteiger partial charge is 0.265 e. The van der Waals surface area contributed by atoms with Crippen molar-refractivity contribution in [3.05, 3.63) is 59.1 Å². The number of nitrogens with zero attached hydrogens (tertiary/aromatic N) is 2. The fourth-order valence-corrected chi connectivity index (χ4v) is 4.83. The van der Waals surface area contributed by atoms with Crippen molar-refractivity contribution in [1.29, 1.82) is 0 Å². The summed E-state index contributed by atoms with van der Waals surface area (Å²) in [5, 5.41) is 7.51. The normalized spacial score (nSPS) is 11.8. The highest BCUT2D eigenvalue weighted by Crippen LogP contribution is 2.30. The van der Waals surface area contributed by atoms with Gasteiger partial charge in [0, 0.05) is 22.0 Å². The summed E-state index contributed by atoms with van der Waals surface area (Å²) in [5.41, 5.74) is 1.28. The van der Waals surface area contributed by atoms with Crippen molar-refractivity contribution in [2.75, 3.05) is 17.6 Å². The van der Waals surface area contributed by atoms with E-state index in [-0.39, 0.29) is 15.7 Å². The van der Waals surface area contributed by atoms with E-state index in [9.17, 15) is 16.8 Å². The second kappa shape index (κ2) is 8.70. The molecule has 0 unspecified atom stereocenters. The predicted molar refractivity (Wildman–Crippen MR) is 117 cm³/mol. The molecule has 3 aromatic rings. The molecule has 158 valence electrons. The van der Waals surface area contributed by atoms with E-state index in [2.05, 4.69) is 30.8 Å². The molecule has 30 heavy (non-hydrogen) atoms. The number of nitrogens with one attached hydrogen (secondary N) is 1. The minimum atomic E-state index is -3.93. The summed E-state index contributed by atoms with van der Waals surface area (Å²) < 4.78 is 57.5. The largest absolute Gasteiger partial charge is 0.492 e. The Kier molecular flexibility index (Phi) is 6.44. The van der Waals surface area contributed by atoms with Crippen LogP contribution in [0, 0.1) is 0 Å². The summed E-state index contributed by atoms with van der Waals surface area (Å²) in [5.74, 6) is 0.242. The van der Waals surface area contributed by atoms with Crippen molar-refractivity contribution in [3.8, 4) is 17.0 Å². The van der Waals surface area contributed by atoms with E-state index in [0.29, 0.717) is 28.0 Å². The molecule has 8 nitrogen and oxygen atoms in total. The van der Waals surface area contributed by atoms with Gasteiger partial charge in [0.05, 0.1) is 12.3 Å². The first-order valence-corrected chi connectivity index (χ1v) is 12.9. The number of rotatable bonds is 7. The maximum Gasteiger partial charge on any atom is 0.265 e. The third-order valence-corrected chi connectivity index (χ3v) is 6.80. The molecule has 0 bridgehead atoms. The standard InChI is InChI=1S/C19H18BrN3O5S2/c1-3-28-17-9-7-14(20)12-18(17)30(26,27)23-15-6-4-5-13(11-15)16-8-10-19(22-21-16)29(2,24)25/h4-12,23H,3H2,1-2H3. The summed E-state index contributed by atoms with van der Waals surface area (Å²) in [6.07, 6.45) is 1.05. The topological polar surface area (TPSA) is 115 Å². The van der Waals surface area contributed by atoms with E-state index in [1.165, 1.54) is 18.2 Å². The number of ether oxygens (including phenoxy) is 1. The molecule has 0 atom stereocenters. The van der Waals surface area contributed by atoms with Gasteiger partial charge in [0.25, 0.3) is 10.0 Å². The van der Waals surface area contributed by atoms with Gasteiger partial charge in [0.1, 0.15) is 10.6 Å². The second-order valence-corrected chi connectivity index (χ2v) is 10.8. The molecule has 1 N–H and O–H groups in total. The van der Waals surface area contributed by atoms with Gasteiger partial charge in [-0.3, -0.25) is 4.72 Å². The first-order chi connectivity index (χ1) is 14.1. The quantitative estimate of drug-likeness (QED) is 0.515. The molecule has 0 amide bonds. The molecule has 0 saturated carbocycles. The monoisotopic (exact) mass is 511 g/mol. The van der Waals surface area contributed by atoms with E-state index in [0.717, 1.165) is 6.26 Å². The van der Waals surface area contributed by atoms with Crippen LogP contribution < -0.4 is 9.46 Å². The van der Waals surface area contributed by atoms with E-state index in [4.69, 9.17) is 4.74 Å². The van der Waals surface area contributed by atoms with Crippen molar-refractivity contribution < 1.29 is 21.6 Å². The molecule has 1 aromatic heterocycles. The van der Waals surface area contributed by atoms with Crippen LogP contribution in [0.5, 0.6) is 5.75 Å². The second-order valence-electron chi connectivity index (χ2n) is 6.24. The van der Waals surface area contributed by atoms with Crippen LogP contribution in [0.1, 0.15) is 6.92 Å².